The van der Waals surface area contributed by atoms with Crippen molar-refractivity contribution in [3.63, 3.8) is 0 Å². The number of para-hydroxylation sites is 1. The van der Waals surface area contributed by atoms with Crippen LogP contribution in [0.25, 0.3) is 0 Å². The van der Waals surface area contributed by atoms with E-state index in [1.54, 1.807) is 26.1 Å². The second-order valence-corrected chi connectivity index (χ2v) is 4.89. The van der Waals surface area contributed by atoms with Crippen LogP contribution in [-0.4, -0.2) is 31.6 Å². The Hall–Kier alpha value is -2.57. The first-order chi connectivity index (χ1) is 10.9. The zero-order chi connectivity index (χ0) is 17.0. The molecule has 7 heteroatoms. The molecule has 0 unspecified atom stereocenters. The Labute approximate surface area is 132 Å². The van der Waals surface area contributed by atoms with Crippen LogP contribution in [0.1, 0.15) is 21.9 Å². The number of alkyl halides is 2. The molecule has 23 heavy (non-hydrogen) atoms. The summed E-state index contributed by atoms with van der Waals surface area (Å²) >= 11 is 0. The third-order valence-corrected chi connectivity index (χ3v) is 3.17. The number of amides is 1. The van der Waals surface area contributed by atoms with Crippen LogP contribution in [0.5, 0.6) is 11.5 Å². The topological polar surface area (TPSA) is 51.9 Å². The van der Waals surface area contributed by atoms with Crippen molar-refractivity contribution < 1.29 is 27.5 Å². The molecule has 1 aromatic carbocycles. The molecule has 0 radical (unpaired) electrons. The Balaban J connectivity index is 2.26. The minimum atomic E-state index is -3.06. The molecule has 1 amide bonds. The third kappa shape index (κ3) is 4.00. The van der Waals surface area contributed by atoms with Crippen molar-refractivity contribution >= 4 is 5.91 Å². The smallest absolute Gasteiger partial charge is 0.387 e. The molecule has 2 aromatic rings. The number of ether oxygens (including phenoxy) is 2. The molecular formula is C16H17F2NO4. The fourth-order valence-electron chi connectivity index (χ4n) is 2.14. The van der Waals surface area contributed by atoms with E-state index >= 15 is 0 Å². The molecule has 1 aromatic heterocycles. The van der Waals surface area contributed by atoms with Crippen LogP contribution >= 0.6 is 0 Å². The number of carbonyl (C=O) groups excluding carboxylic acids is 1. The summed E-state index contributed by atoms with van der Waals surface area (Å²) in [5.41, 5.74) is -0.00423. The van der Waals surface area contributed by atoms with Gasteiger partial charge in [-0.25, -0.2) is 0 Å². The second-order valence-electron chi connectivity index (χ2n) is 4.89. The SMILES string of the molecule is COc1cccc(C(=O)N(C)Cc2ccc(C)o2)c1OC(F)F. The van der Waals surface area contributed by atoms with Gasteiger partial charge in [0.2, 0.25) is 0 Å². The summed E-state index contributed by atoms with van der Waals surface area (Å²) in [5, 5.41) is 0. The molecule has 0 aliphatic carbocycles. The largest absolute Gasteiger partial charge is 0.493 e. The average molecular weight is 325 g/mol. The maximum absolute atomic E-state index is 12.6. The number of halogens is 2. The molecule has 0 bridgehead atoms. The van der Waals surface area contributed by atoms with E-state index in [9.17, 15) is 13.6 Å². The van der Waals surface area contributed by atoms with Gasteiger partial charge in [-0.05, 0) is 31.2 Å². The van der Waals surface area contributed by atoms with E-state index in [1.807, 2.05) is 0 Å². The van der Waals surface area contributed by atoms with E-state index in [0.717, 1.165) is 5.76 Å². The standard InChI is InChI=1S/C16H17F2NO4/c1-10-7-8-11(22-10)9-19(2)15(20)12-5-4-6-13(21-3)14(12)23-16(17)18/h4-8,16H,9H2,1-3H3. The maximum atomic E-state index is 12.6. The average Bonchev–Trinajstić information content (AvgIpc) is 2.91. The first-order valence-electron chi connectivity index (χ1n) is 6.85. The number of furan rings is 1. The van der Waals surface area contributed by atoms with E-state index in [4.69, 9.17) is 9.15 Å². The minimum absolute atomic E-state index is 0.00423. The molecule has 0 saturated carbocycles. The molecule has 0 atom stereocenters. The number of methoxy groups -OCH3 is 1. The Bertz CT molecular complexity index is 684. The maximum Gasteiger partial charge on any atom is 0.387 e. The summed E-state index contributed by atoms with van der Waals surface area (Å²) < 4.78 is 40.1. The van der Waals surface area contributed by atoms with E-state index in [-0.39, 0.29) is 23.6 Å². The van der Waals surface area contributed by atoms with Crippen LogP contribution in [0.15, 0.2) is 34.7 Å². The molecule has 0 aliphatic rings. The number of carbonyl (C=O) groups is 1. The van der Waals surface area contributed by atoms with E-state index < -0.39 is 12.5 Å². The van der Waals surface area contributed by atoms with Crippen LogP contribution in [-0.2, 0) is 6.54 Å². The fraction of sp³-hybridized carbons (Fsp3) is 0.312. The van der Waals surface area contributed by atoms with Crippen molar-refractivity contribution in [2.24, 2.45) is 0 Å². The Morgan fingerprint density at radius 3 is 2.61 bits per heavy atom. The van der Waals surface area contributed by atoms with Gasteiger partial charge in [0.05, 0.1) is 19.2 Å². The Morgan fingerprint density at radius 1 is 1.30 bits per heavy atom. The highest BCUT2D eigenvalue weighted by Gasteiger charge is 2.23. The summed E-state index contributed by atoms with van der Waals surface area (Å²) in [5.74, 6) is 0.631. The summed E-state index contributed by atoms with van der Waals surface area (Å²) in [4.78, 5) is 13.9. The molecule has 0 N–H and O–H groups in total. The van der Waals surface area contributed by atoms with Crippen molar-refractivity contribution in [1.29, 1.82) is 0 Å². The number of benzene rings is 1. The Morgan fingerprint density at radius 2 is 2.04 bits per heavy atom. The molecule has 124 valence electrons. The van der Waals surface area contributed by atoms with Gasteiger partial charge in [-0.1, -0.05) is 6.07 Å². The molecule has 5 nitrogen and oxygen atoms in total. The number of aryl methyl sites for hydroxylation is 1. The quantitative estimate of drug-likeness (QED) is 0.816. The highest BCUT2D eigenvalue weighted by Crippen LogP contribution is 2.33. The lowest BCUT2D eigenvalue weighted by molar-refractivity contribution is -0.0516. The Kier molecular flexibility index (Phi) is 5.20. The lowest BCUT2D eigenvalue weighted by Crippen LogP contribution is -2.27. The molecule has 2 rings (SSSR count). The lowest BCUT2D eigenvalue weighted by Gasteiger charge is -2.19. The van der Waals surface area contributed by atoms with Gasteiger partial charge in [0, 0.05) is 7.05 Å². The molecule has 0 spiro atoms. The van der Waals surface area contributed by atoms with Crippen molar-refractivity contribution in [3.8, 4) is 11.5 Å². The van der Waals surface area contributed by atoms with Crippen molar-refractivity contribution in [1.82, 2.24) is 4.90 Å². The van der Waals surface area contributed by atoms with Gasteiger partial charge in [0.1, 0.15) is 11.5 Å². The van der Waals surface area contributed by atoms with Crippen LogP contribution in [0.3, 0.4) is 0 Å². The second kappa shape index (κ2) is 7.13. The highest BCUT2D eigenvalue weighted by molar-refractivity contribution is 5.97. The van der Waals surface area contributed by atoms with Crippen LogP contribution in [0.2, 0.25) is 0 Å². The van der Waals surface area contributed by atoms with Crippen LogP contribution in [0, 0.1) is 6.92 Å². The number of hydrogen-bond acceptors (Lipinski definition) is 4. The molecule has 0 aliphatic heterocycles. The van der Waals surface area contributed by atoms with Gasteiger partial charge in [-0.2, -0.15) is 8.78 Å². The molecular weight excluding hydrogens is 308 g/mol. The first kappa shape index (κ1) is 16.8. The fourth-order valence-corrected chi connectivity index (χ4v) is 2.14. The predicted octanol–water partition coefficient (Wildman–Crippen LogP) is 3.47. The van der Waals surface area contributed by atoms with Crippen molar-refractivity contribution in [2.75, 3.05) is 14.2 Å². The zero-order valence-corrected chi connectivity index (χ0v) is 13.0. The summed E-state index contributed by atoms with van der Waals surface area (Å²) in [6.07, 6.45) is 0. The summed E-state index contributed by atoms with van der Waals surface area (Å²) in [6.45, 7) is -1.06. The summed E-state index contributed by atoms with van der Waals surface area (Å²) in [7, 11) is 2.86. The minimum Gasteiger partial charge on any atom is -0.493 e. The lowest BCUT2D eigenvalue weighted by atomic mass is 10.1. The first-order valence-corrected chi connectivity index (χ1v) is 6.85. The van der Waals surface area contributed by atoms with Gasteiger partial charge in [-0.3, -0.25) is 4.79 Å². The normalized spacial score (nSPS) is 10.7. The van der Waals surface area contributed by atoms with Crippen LogP contribution < -0.4 is 9.47 Å². The molecule has 1 heterocycles. The molecule has 0 fully saturated rings. The third-order valence-electron chi connectivity index (χ3n) is 3.17. The number of rotatable bonds is 6. The predicted molar refractivity (Wildman–Crippen MR) is 78.9 cm³/mol. The van der Waals surface area contributed by atoms with Gasteiger partial charge in [0.15, 0.2) is 11.5 Å². The zero-order valence-electron chi connectivity index (χ0n) is 13.0. The monoisotopic (exact) mass is 325 g/mol. The van der Waals surface area contributed by atoms with Crippen molar-refractivity contribution in [3.05, 3.63) is 47.4 Å². The van der Waals surface area contributed by atoms with Gasteiger partial charge in [-0.15, -0.1) is 0 Å². The molecule has 0 saturated heterocycles. The number of nitrogens with zero attached hydrogens (tertiary/aromatic N) is 1. The van der Waals surface area contributed by atoms with Crippen LogP contribution in [0.4, 0.5) is 8.78 Å². The van der Waals surface area contributed by atoms with Gasteiger partial charge >= 0.3 is 6.61 Å². The van der Waals surface area contributed by atoms with Gasteiger partial charge < -0.3 is 18.8 Å². The van der Waals surface area contributed by atoms with E-state index in [1.165, 1.54) is 30.2 Å². The van der Waals surface area contributed by atoms with E-state index in [0.29, 0.717) is 5.76 Å². The van der Waals surface area contributed by atoms with Crippen molar-refractivity contribution in [2.45, 2.75) is 20.1 Å². The number of hydrogen-bond donors (Lipinski definition) is 0. The highest BCUT2D eigenvalue weighted by atomic mass is 19.3. The summed E-state index contributed by atoms with van der Waals surface area (Å²) in [6, 6.07) is 7.93. The van der Waals surface area contributed by atoms with E-state index in [2.05, 4.69) is 4.74 Å². The van der Waals surface area contributed by atoms with Gasteiger partial charge in [0.25, 0.3) is 5.91 Å².